The van der Waals surface area contributed by atoms with Gasteiger partial charge in [-0.05, 0) is 55.4 Å². The molecule has 0 saturated carbocycles. The SMILES string of the molecule is CCCCCCCc1ccc(C(=O)C(OC(=O)c2ccc(Cl)cc2N)C(=O)NCC(=O)OCCCC(C)C)cc1. The summed E-state index contributed by atoms with van der Waals surface area (Å²) in [6, 6.07) is 11.0. The predicted molar refractivity (Wildman–Crippen MR) is 156 cm³/mol. The maximum atomic E-state index is 13.3. The first-order valence-corrected chi connectivity index (χ1v) is 14.3. The van der Waals surface area contributed by atoms with Crippen molar-refractivity contribution in [3.63, 3.8) is 0 Å². The van der Waals surface area contributed by atoms with Crippen molar-refractivity contribution in [1.82, 2.24) is 5.32 Å². The monoisotopic (exact) mass is 572 g/mol. The number of nitrogen functional groups attached to an aromatic ring is 1. The fourth-order valence-electron chi connectivity index (χ4n) is 4.02. The summed E-state index contributed by atoms with van der Waals surface area (Å²) in [4.78, 5) is 51.3. The van der Waals surface area contributed by atoms with E-state index in [0.29, 0.717) is 17.4 Å². The van der Waals surface area contributed by atoms with Gasteiger partial charge in [0, 0.05) is 16.3 Å². The first kappa shape index (κ1) is 32.8. The Labute approximate surface area is 241 Å². The number of nitrogens with two attached hydrogens (primary N) is 1. The molecule has 0 spiro atoms. The van der Waals surface area contributed by atoms with Gasteiger partial charge in [-0.2, -0.15) is 0 Å². The minimum absolute atomic E-state index is 0.0392. The molecule has 0 radical (unpaired) electrons. The molecule has 2 rings (SSSR count). The van der Waals surface area contributed by atoms with Crippen LogP contribution >= 0.6 is 11.6 Å². The average molecular weight is 573 g/mol. The number of ketones is 1. The van der Waals surface area contributed by atoms with Gasteiger partial charge in [0.25, 0.3) is 5.91 Å². The molecule has 0 aliphatic carbocycles. The van der Waals surface area contributed by atoms with Crippen LogP contribution in [0.2, 0.25) is 5.02 Å². The number of ether oxygens (including phenoxy) is 2. The Kier molecular flexibility index (Phi) is 14.2. The van der Waals surface area contributed by atoms with Crippen LogP contribution in [0.1, 0.15) is 92.0 Å². The lowest BCUT2D eigenvalue weighted by atomic mass is 10.0. The standard InChI is InChI=1S/C31H41ClN2O6/c1-4-5-6-7-8-11-22-12-14-23(15-13-22)28(36)29(40-31(38)25-17-16-24(32)19-26(25)33)30(37)34-20-27(35)39-18-9-10-21(2)3/h12-17,19,21,29H,4-11,18,20,33H2,1-3H3,(H,34,37). The molecule has 1 amide bonds. The fraction of sp³-hybridized carbons (Fsp3) is 0.484. The van der Waals surface area contributed by atoms with Crippen molar-refractivity contribution in [2.24, 2.45) is 5.92 Å². The molecule has 1 atom stereocenters. The molecule has 218 valence electrons. The van der Waals surface area contributed by atoms with Crippen molar-refractivity contribution in [3.05, 3.63) is 64.2 Å². The maximum absolute atomic E-state index is 13.3. The number of amides is 1. The molecular formula is C31H41ClN2O6. The molecule has 0 saturated heterocycles. The van der Waals surface area contributed by atoms with Crippen molar-refractivity contribution in [2.75, 3.05) is 18.9 Å². The molecule has 0 aromatic heterocycles. The van der Waals surface area contributed by atoms with Gasteiger partial charge in [0.15, 0.2) is 0 Å². The number of hydrogen-bond acceptors (Lipinski definition) is 7. The summed E-state index contributed by atoms with van der Waals surface area (Å²) in [5.41, 5.74) is 7.15. The van der Waals surface area contributed by atoms with E-state index in [1.165, 1.54) is 37.5 Å². The lowest BCUT2D eigenvalue weighted by Gasteiger charge is -2.17. The van der Waals surface area contributed by atoms with E-state index in [1.54, 1.807) is 12.1 Å². The molecule has 2 aromatic rings. The van der Waals surface area contributed by atoms with Crippen LogP contribution in [0.5, 0.6) is 0 Å². The van der Waals surface area contributed by atoms with Crippen LogP contribution in [-0.2, 0) is 25.5 Å². The summed E-state index contributed by atoms with van der Waals surface area (Å²) in [6.45, 7) is 6.07. The van der Waals surface area contributed by atoms with Crippen molar-refractivity contribution in [2.45, 2.75) is 78.2 Å². The number of rotatable bonds is 17. The highest BCUT2D eigenvalue weighted by atomic mass is 35.5. The summed E-state index contributed by atoms with van der Waals surface area (Å²) < 4.78 is 10.5. The number of carbonyl (C=O) groups is 4. The van der Waals surface area contributed by atoms with E-state index < -0.39 is 36.3 Å². The lowest BCUT2D eigenvalue weighted by molar-refractivity contribution is -0.144. The Morgan fingerprint density at radius 3 is 2.30 bits per heavy atom. The number of esters is 2. The highest BCUT2D eigenvalue weighted by Crippen LogP contribution is 2.20. The zero-order valence-electron chi connectivity index (χ0n) is 23.7. The van der Waals surface area contributed by atoms with Crippen LogP contribution in [0.25, 0.3) is 0 Å². The summed E-state index contributed by atoms with van der Waals surface area (Å²) in [7, 11) is 0. The van der Waals surface area contributed by atoms with E-state index in [4.69, 9.17) is 26.8 Å². The molecule has 9 heteroatoms. The second-order valence-corrected chi connectivity index (χ2v) is 10.7. The number of anilines is 1. The number of Topliss-reactive ketones (excluding diaryl/α,β-unsaturated/α-hetero) is 1. The second kappa shape index (κ2) is 17.3. The smallest absolute Gasteiger partial charge is 0.341 e. The van der Waals surface area contributed by atoms with E-state index in [2.05, 4.69) is 26.1 Å². The molecule has 8 nitrogen and oxygen atoms in total. The van der Waals surface area contributed by atoms with E-state index in [-0.39, 0.29) is 23.4 Å². The van der Waals surface area contributed by atoms with Crippen LogP contribution in [0.15, 0.2) is 42.5 Å². The Morgan fingerprint density at radius 1 is 0.950 bits per heavy atom. The molecular weight excluding hydrogens is 532 g/mol. The van der Waals surface area contributed by atoms with Crippen LogP contribution < -0.4 is 11.1 Å². The third-order valence-corrected chi connectivity index (χ3v) is 6.57. The normalized spacial score (nSPS) is 11.6. The average Bonchev–Trinajstić information content (AvgIpc) is 2.92. The van der Waals surface area contributed by atoms with Gasteiger partial charge in [0.1, 0.15) is 6.54 Å². The van der Waals surface area contributed by atoms with Gasteiger partial charge in [0.2, 0.25) is 11.9 Å². The predicted octanol–water partition coefficient (Wildman–Crippen LogP) is 5.94. The van der Waals surface area contributed by atoms with E-state index in [1.807, 2.05) is 12.1 Å². The van der Waals surface area contributed by atoms with E-state index in [9.17, 15) is 19.2 Å². The quantitative estimate of drug-likeness (QED) is 0.0790. The van der Waals surface area contributed by atoms with Gasteiger partial charge in [-0.25, -0.2) is 4.79 Å². The second-order valence-electron chi connectivity index (χ2n) is 10.2. The number of benzene rings is 2. The van der Waals surface area contributed by atoms with Gasteiger partial charge >= 0.3 is 11.9 Å². The van der Waals surface area contributed by atoms with Crippen LogP contribution in [0.3, 0.4) is 0 Å². The number of unbranched alkanes of at least 4 members (excludes halogenated alkanes) is 4. The van der Waals surface area contributed by atoms with E-state index >= 15 is 0 Å². The molecule has 2 aromatic carbocycles. The first-order valence-electron chi connectivity index (χ1n) is 13.9. The topological polar surface area (TPSA) is 125 Å². The van der Waals surface area contributed by atoms with Gasteiger partial charge < -0.3 is 20.5 Å². The van der Waals surface area contributed by atoms with Crippen molar-refractivity contribution < 1.29 is 28.7 Å². The fourth-order valence-corrected chi connectivity index (χ4v) is 4.20. The number of hydrogen-bond donors (Lipinski definition) is 2. The lowest BCUT2D eigenvalue weighted by Crippen LogP contribution is -2.45. The third kappa shape index (κ3) is 11.4. The molecule has 0 aliphatic rings. The largest absolute Gasteiger partial charge is 0.464 e. The minimum atomic E-state index is -1.84. The minimum Gasteiger partial charge on any atom is -0.464 e. The Bertz CT molecular complexity index is 1130. The third-order valence-electron chi connectivity index (χ3n) is 6.34. The maximum Gasteiger partial charge on any atom is 0.341 e. The molecule has 1 unspecified atom stereocenters. The number of nitrogens with one attached hydrogen (secondary N) is 1. The molecule has 3 N–H and O–H groups in total. The van der Waals surface area contributed by atoms with Gasteiger partial charge in [-0.1, -0.05) is 82.3 Å². The first-order chi connectivity index (χ1) is 19.1. The molecule has 40 heavy (non-hydrogen) atoms. The number of halogens is 1. The van der Waals surface area contributed by atoms with Crippen molar-refractivity contribution >= 4 is 40.9 Å². The zero-order chi connectivity index (χ0) is 29.5. The zero-order valence-corrected chi connectivity index (χ0v) is 24.4. The highest BCUT2D eigenvalue weighted by molar-refractivity contribution is 6.31. The Hall–Kier alpha value is -3.39. The number of carbonyl (C=O) groups excluding carboxylic acids is 4. The summed E-state index contributed by atoms with van der Waals surface area (Å²) in [6.07, 6.45) is 6.42. The van der Waals surface area contributed by atoms with Gasteiger partial charge in [-0.15, -0.1) is 0 Å². The molecule has 0 heterocycles. The van der Waals surface area contributed by atoms with E-state index in [0.717, 1.165) is 31.2 Å². The van der Waals surface area contributed by atoms with Crippen molar-refractivity contribution in [1.29, 1.82) is 0 Å². The van der Waals surface area contributed by atoms with Gasteiger partial charge in [-0.3, -0.25) is 14.4 Å². The van der Waals surface area contributed by atoms with Crippen LogP contribution in [-0.4, -0.2) is 42.9 Å². The molecule has 0 fully saturated rings. The summed E-state index contributed by atoms with van der Waals surface area (Å²) >= 11 is 5.91. The molecule has 0 bridgehead atoms. The number of aryl methyl sites for hydroxylation is 1. The van der Waals surface area contributed by atoms with Crippen molar-refractivity contribution in [3.8, 4) is 0 Å². The Balaban J connectivity index is 2.10. The van der Waals surface area contributed by atoms with Crippen LogP contribution in [0, 0.1) is 5.92 Å². The highest BCUT2D eigenvalue weighted by Gasteiger charge is 2.33. The van der Waals surface area contributed by atoms with Crippen LogP contribution in [0.4, 0.5) is 5.69 Å². The van der Waals surface area contributed by atoms with Gasteiger partial charge in [0.05, 0.1) is 12.2 Å². The Morgan fingerprint density at radius 2 is 1.65 bits per heavy atom. The molecule has 0 aliphatic heterocycles. The summed E-state index contributed by atoms with van der Waals surface area (Å²) in [5.74, 6) is -2.81. The summed E-state index contributed by atoms with van der Waals surface area (Å²) in [5, 5.41) is 2.67.